The van der Waals surface area contributed by atoms with E-state index in [-0.39, 0.29) is 23.4 Å². The van der Waals surface area contributed by atoms with Crippen LogP contribution in [-0.4, -0.2) is 74.1 Å². The first-order valence-corrected chi connectivity index (χ1v) is 15.0. The Kier molecular flexibility index (Phi) is 5.71. The lowest BCUT2D eigenvalue weighted by molar-refractivity contribution is -0.287. The smallest absolute Gasteiger partial charge is 0.338 e. The number of nitrogens with zero attached hydrogens (tertiary/aromatic N) is 1. The molecule has 1 aliphatic heterocycles. The summed E-state index contributed by atoms with van der Waals surface area (Å²) < 4.78 is 22.9. The standard InChI is InChI=1S/C32H43NO7/c1-18(34)39-17-32(36)20-9-12-30(28(32)40-27(35)19-7-8-22(37-4)23(13-19)38-5)21-15-24-29(2)10-6-11-31(24,25(30)14-20)26(21)33(3)16-29/h7-8,13,20-21,24-26,28,36H,6,9-12,14-17H2,1-5H3/t20-,21-,24+,25+,26+,28-,29-,30-,31-,32-/m0/s1. The quantitative estimate of drug-likeness (QED) is 0.527. The molecule has 8 nitrogen and oxygen atoms in total. The maximum absolute atomic E-state index is 13.9. The lowest BCUT2D eigenvalue weighted by Crippen LogP contribution is -2.73. The first-order chi connectivity index (χ1) is 19.0. The van der Waals surface area contributed by atoms with Gasteiger partial charge in [-0.05, 0) is 98.3 Å². The van der Waals surface area contributed by atoms with E-state index < -0.39 is 23.6 Å². The number of carbonyl (C=O) groups is 2. The Labute approximate surface area is 236 Å². The zero-order valence-electron chi connectivity index (χ0n) is 24.4. The van der Waals surface area contributed by atoms with Crippen LogP contribution in [0, 0.1) is 39.9 Å². The number of hydrogen-bond donors (Lipinski definition) is 1. The number of methoxy groups -OCH3 is 2. The highest BCUT2D eigenvalue weighted by Crippen LogP contribution is 2.84. The van der Waals surface area contributed by atoms with Gasteiger partial charge in [-0.1, -0.05) is 13.3 Å². The molecule has 8 rings (SSSR count). The minimum Gasteiger partial charge on any atom is -0.493 e. The highest BCUT2D eigenvalue weighted by atomic mass is 16.6. The molecule has 40 heavy (non-hydrogen) atoms. The molecule has 0 aromatic heterocycles. The topological polar surface area (TPSA) is 94.5 Å². The van der Waals surface area contributed by atoms with Gasteiger partial charge < -0.3 is 29.0 Å². The van der Waals surface area contributed by atoms with E-state index in [2.05, 4.69) is 18.9 Å². The first-order valence-electron chi connectivity index (χ1n) is 15.0. The van der Waals surface area contributed by atoms with Gasteiger partial charge in [0.25, 0.3) is 0 Å². The lowest BCUT2D eigenvalue weighted by atomic mass is 9.38. The van der Waals surface area contributed by atoms with Crippen molar-refractivity contribution in [2.75, 3.05) is 34.4 Å². The van der Waals surface area contributed by atoms with Crippen molar-refractivity contribution in [1.82, 2.24) is 4.90 Å². The van der Waals surface area contributed by atoms with E-state index in [1.165, 1.54) is 33.3 Å². The summed E-state index contributed by atoms with van der Waals surface area (Å²) in [6.07, 6.45) is 6.84. The average molecular weight is 554 g/mol. The third kappa shape index (κ3) is 3.10. The Morgan fingerprint density at radius 3 is 2.55 bits per heavy atom. The zero-order chi connectivity index (χ0) is 28.2. The summed E-state index contributed by atoms with van der Waals surface area (Å²) in [6, 6.07) is 5.45. The van der Waals surface area contributed by atoms with Crippen LogP contribution in [-0.2, 0) is 14.3 Å². The number of esters is 2. The van der Waals surface area contributed by atoms with Crippen LogP contribution in [0.5, 0.6) is 11.5 Å². The molecule has 0 radical (unpaired) electrons. The molecule has 10 atom stereocenters. The molecule has 1 heterocycles. The Morgan fingerprint density at radius 2 is 1.82 bits per heavy atom. The maximum atomic E-state index is 13.9. The van der Waals surface area contributed by atoms with Gasteiger partial charge in [-0.2, -0.15) is 0 Å². The summed E-state index contributed by atoms with van der Waals surface area (Å²) in [7, 11) is 5.39. The number of hydrogen-bond acceptors (Lipinski definition) is 8. The molecule has 218 valence electrons. The lowest BCUT2D eigenvalue weighted by Gasteiger charge is -2.69. The van der Waals surface area contributed by atoms with Crippen LogP contribution in [0.15, 0.2) is 18.2 Å². The minimum absolute atomic E-state index is 0.0881. The fraction of sp³-hybridized carbons (Fsp3) is 0.750. The van der Waals surface area contributed by atoms with Gasteiger partial charge in [0.05, 0.1) is 19.8 Å². The average Bonchev–Trinajstić information content (AvgIpc) is 3.37. The molecule has 1 aromatic rings. The highest BCUT2D eigenvalue weighted by molar-refractivity contribution is 5.90. The normalized spacial score (nSPS) is 46.0. The van der Waals surface area contributed by atoms with Crippen molar-refractivity contribution in [2.45, 2.75) is 76.5 Å². The second-order valence-electron chi connectivity index (χ2n) is 14.1. The number of fused-ring (bicyclic) bond motifs is 2. The maximum Gasteiger partial charge on any atom is 0.338 e. The molecule has 7 bridgehead atoms. The summed E-state index contributed by atoms with van der Waals surface area (Å²) in [5.74, 6) is 1.37. The molecule has 7 fully saturated rings. The van der Waals surface area contributed by atoms with E-state index in [9.17, 15) is 14.7 Å². The summed E-state index contributed by atoms with van der Waals surface area (Å²) in [5.41, 5.74) is -0.896. The van der Waals surface area contributed by atoms with Crippen LogP contribution in [0.3, 0.4) is 0 Å². The second-order valence-corrected chi connectivity index (χ2v) is 14.1. The van der Waals surface area contributed by atoms with Crippen LogP contribution < -0.4 is 9.47 Å². The van der Waals surface area contributed by atoms with Gasteiger partial charge in [0.1, 0.15) is 18.3 Å². The van der Waals surface area contributed by atoms with E-state index in [1.807, 2.05) is 0 Å². The van der Waals surface area contributed by atoms with Crippen molar-refractivity contribution in [2.24, 2.45) is 39.9 Å². The minimum atomic E-state index is -1.42. The number of ether oxygens (including phenoxy) is 4. The summed E-state index contributed by atoms with van der Waals surface area (Å²) in [4.78, 5) is 28.5. The Bertz CT molecular complexity index is 1250. The highest BCUT2D eigenvalue weighted by Gasteiger charge is 2.85. The Balaban J connectivity index is 1.32. The van der Waals surface area contributed by atoms with E-state index >= 15 is 0 Å². The van der Waals surface area contributed by atoms with Crippen LogP contribution >= 0.6 is 0 Å². The van der Waals surface area contributed by atoms with Gasteiger partial charge in [-0.15, -0.1) is 0 Å². The zero-order valence-corrected chi connectivity index (χ0v) is 24.4. The van der Waals surface area contributed by atoms with Crippen LogP contribution in [0.4, 0.5) is 0 Å². The SMILES string of the molecule is COc1ccc(C(=O)O[C@@H]2[C@](O)(COC(C)=O)[C@H]3CC[C@]24[C@@H](C3)[C@@]23CCC[C@@]5(C)CN(C)[C@@H]2[C@@H]4C[C@H]53)cc1OC. The molecule has 2 spiro atoms. The molecular formula is C32H43NO7. The van der Waals surface area contributed by atoms with Gasteiger partial charge in [-0.25, -0.2) is 4.79 Å². The van der Waals surface area contributed by atoms with Crippen LogP contribution in [0.25, 0.3) is 0 Å². The monoisotopic (exact) mass is 553 g/mol. The Hall–Kier alpha value is -2.32. The molecule has 7 aliphatic rings. The predicted molar refractivity (Wildman–Crippen MR) is 146 cm³/mol. The number of carbonyl (C=O) groups excluding carboxylic acids is 2. The molecule has 0 amide bonds. The van der Waals surface area contributed by atoms with Crippen molar-refractivity contribution in [1.29, 1.82) is 0 Å². The van der Waals surface area contributed by atoms with Gasteiger partial charge in [-0.3, -0.25) is 4.79 Å². The van der Waals surface area contributed by atoms with Crippen molar-refractivity contribution in [3.63, 3.8) is 0 Å². The Morgan fingerprint density at radius 1 is 1.05 bits per heavy atom. The fourth-order valence-electron chi connectivity index (χ4n) is 11.9. The fourth-order valence-corrected chi connectivity index (χ4v) is 11.9. The molecule has 1 N–H and O–H groups in total. The molecule has 6 saturated carbocycles. The molecule has 1 saturated heterocycles. The van der Waals surface area contributed by atoms with Crippen molar-refractivity contribution in [3.8, 4) is 11.5 Å². The summed E-state index contributed by atoms with van der Waals surface area (Å²) >= 11 is 0. The summed E-state index contributed by atoms with van der Waals surface area (Å²) in [5, 5.41) is 12.5. The van der Waals surface area contributed by atoms with E-state index in [4.69, 9.17) is 18.9 Å². The molecule has 6 aliphatic carbocycles. The van der Waals surface area contributed by atoms with Crippen LogP contribution in [0.2, 0.25) is 0 Å². The van der Waals surface area contributed by atoms with Gasteiger partial charge in [0, 0.05) is 24.9 Å². The van der Waals surface area contributed by atoms with Crippen molar-refractivity contribution in [3.05, 3.63) is 23.8 Å². The number of likely N-dealkylation sites (tertiary alicyclic amines) is 1. The molecule has 1 aromatic carbocycles. The third-order valence-corrected chi connectivity index (χ3v) is 12.8. The van der Waals surface area contributed by atoms with Gasteiger partial charge >= 0.3 is 11.9 Å². The van der Waals surface area contributed by atoms with Gasteiger partial charge in [0.2, 0.25) is 0 Å². The van der Waals surface area contributed by atoms with Gasteiger partial charge in [0.15, 0.2) is 11.5 Å². The van der Waals surface area contributed by atoms with Crippen molar-refractivity contribution >= 4 is 11.9 Å². The molecule has 8 heteroatoms. The first kappa shape index (κ1) is 26.6. The number of benzene rings is 1. The van der Waals surface area contributed by atoms with Crippen LogP contribution in [0.1, 0.15) is 69.2 Å². The number of rotatable bonds is 6. The van der Waals surface area contributed by atoms with E-state index in [0.717, 1.165) is 32.2 Å². The van der Waals surface area contributed by atoms with E-state index in [0.29, 0.717) is 46.3 Å². The number of aliphatic hydroxyl groups is 1. The molecule has 0 unspecified atom stereocenters. The second kappa shape index (κ2) is 8.60. The predicted octanol–water partition coefficient (Wildman–Crippen LogP) is 4.08. The molecular weight excluding hydrogens is 510 g/mol. The van der Waals surface area contributed by atoms with E-state index in [1.54, 1.807) is 25.3 Å². The third-order valence-electron chi connectivity index (χ3n) is 12.8. The van der Waals surface area contributed by atoms with Crippen molar-refractivity contribution < 1.29 is 33.6 Å². The largest absolute Gasteiger partial charge is 0.493 e. The number of piperidine rings is 1. The summed E-state index contributed by atoms with van der Waals surface area (Å²) in [6.45, 7) is 4.84.